The molecule has 0 aromatic heterocycles. The molecule has 1 atom stereocenters. The van der Waals surface area contributed by atoms with E-state index in [0.29, 0.717) is 16.5 Å². The minimum absolute atomic E-state index is 0.0985. The van der Waals surface area contributed by atoms with Crippen LogP contribution < -0.4 is 0 Å². The molecule has 90 valence electrons. The van der Waals surface area contributed by atoms with Gasteiger partial charge >= 0.3 is 0 Å². The van der Waals surface area contributed by atoms with Gasteiger partial charge in [0.05, 0.1) is 6.61 Å². The third-order valence-corrected chi connectivity index (χ3v) is 3.27. The van der Waals surface area contributed by atoms with Crippen LogP contribution in [0.2, 0.25) is 10.0 Å². The maximum Gasteiger partial charge on any atom is 0.117 e. The first kappa shape index (κ1) is 13.8. The Bertz CT molecular complexity index is 349. The molecule has 1 aromatic rings. The maximum atomic E-state index is 9.54. The van der Waals surface area contributed by atoms with Crippen LogP contribution in [0.1, 0.15) is 25.3 Å². The number of ether oxygens (including phenoxy) is 1. The molecule has 0 bridgehead atoms. The monoisotopic (exact) mass is 262 g/mol. The number of methoxy groups -OCH3 is 1. The van der Waals surface area contributed by atoms with Crippen molar-refractivity contribution in [1.82, 2.24) is 0 Å². The van der Waals surface area contributed by atoms with Gasteiger partial charge in [0, 0.05) is 22.7 Å². The van der Waals surface area contributed by atoms with Gasteiger partial charge in [-0.1, -0.05) is 42.6 Å². The van der Waals surface area contributed by atoms with Crippen molar-refractivity contribution in [2.24, 2.45) is 0 Å². The quantitative estimate of drug-likeness (QED) is 0.879. The highest BCUT2D eigenvalue weighted by Gasteiger charge is 2.32. The smallest absolute Gasteiger partial charge is 0.117 e. The van der Waals surface area contributed by atoms with Crippen LogP contribution in [0.3, 0.4) is 0 Å². The molecule has 0 radical (unpaired) electrons. The first-order valence-corrected chi connectivity index (χ1v) is 5.96. The van der Waals surface area contributed by atoms with Crippen molar-refractivity contribution < 1.29 is 9.84 Å². The number of hydrogen-bond donors (Lipinski definition) is 1. The lowest BCUT2D eigenvalue weighted by molar-refractivity contribution is -0.0636. The fourth-order valence-corrected chi connectivity index (χ4v) is 2.42. The zero-order valence-electron chi connectivity index (χ0n) is 9.46. The molecule has 0 saturated carbocycles. The standard InChI is InChI=1S/C12H16Cl2O2/c1-3-6-12(8-15,16-2)10-5-4-9(13)7-11(10)14/h4-5,7,15H,3,6,8H2,1-2H3. The Morgan fingerprint density at radius 2 is 2.06 bits per heavy atom. The Labute approximate surface area is 106 Å². The van der Waals surface area contributed by atoms with Crippen molar-refractivity contribution in [3.63, 3.8) is 0 Å². The van der Waals surface area contributed by atoms with Gasteiger partial charge in [-0.15, -0.1) is 0 Å². The van der Waals surface area contributed by atoms with Crippen LogP contribution in [-0.4, -0.2) is 18.8 Å². The summed E-state index contributed by atoms with van der Waals surface area (Å²) in [5.74, 6) is 0. The van der Waals surface area contributed by atoms with E-state index in [4.69, 9.17) is 27.9 Å². The largest absolute Gasteiger partial charge is 0.393 e. The lowest BCUT2D eigenvalue weighted by atomic mass is 9.90. The molecule has 1 unspecified atom stereocenters. The van der Waals surface area contributed by atoms with Crippen LogP contribution in [0.25, 0.3) is 0 Å². The zero-order chi connectivity index (χ0) is 12.2. The number of aliphatic hydroxyl groups excluding tert-OH is 1. The van der Waals surface area contributed by atoms with Crippen molar-refractivity contribution in [3.05, 3.63) is 33.8 Å². The molecule has 4 heteroatoms. The second-order valence-electron chi connectivity index (χ2n) is 3.73. The summed E-state index contributed by atoms with van der Waals surface area (Å²) in [6.45, 7) is 1.94. The molecule has 16 heavy (non-hydrogen) atoms. The minimum Gasteiger partial charge on any atom is -0.393 e. The molecule has 0 amide bonds. The second kappa shape index (κ2) is 5.87. The number of rotatable bonds is 5. The van der Waals surface area contributed by atoms with Gasteiger partial charge in [-0.3, -0.25) is 0 Å². The third kappa shape index (κ3) is 2.69. The van der Waals surface area contributed by atoms with E-state index < -0.39 is 5.60 Å². The molecule has 2 nitrogen and oxygen atoms in total. The lowest BCUT2D eigenvalue weighted by Crippen LogP contribution is -2.33. The van der Waals surface area contributed by atoms with Crippen molar-refractivity contribution in [2.75, 3.05) is 13.7 Å². The average Bonchev–Trinajstić information content (AvgIpc) is 2.27. The molecule has 0 fully saturated rings. The Balaban J connectivity index is 3.19. The Morgan fingerprint density at radius 1 is 1.38 bits per heavy atom. The first-order chi connectivity index (χ1) is 7.59. The molecule has 0 saturated heterocycles. The maximum absolute atomic E-state index is 9.54. The third-order valence-electron chi connectivity index (χ3n) is 2.72. The van der Waals surface area contributed by atoms with Crippen LogP contribution in [0, 0.1) is 0 Å². The normalized spacial score (nSPS) is 14.8. The molecule has 0 heterocycles. The Morgan fingerprint density at radius 3 is 2.50 bits per heavy atom. The number of aliphatic hydroxyl groups is 1. The van der Waals surface area contributed by atoms with Gasteiger partial charge in [-0.25, -0.2) is 0 Å². The highest BCUT2D eigenvalue weighted by atomic mass is 35.5. The zero-order valence-corrected chi connectivity index (χ0v) is 11.0. The molecule has 1 rings (SSSR count). The van der Waals surface area contributed by atoms with Gasteiger partial charge in [0.25, 0.3) is 0 Å². The van der Waals surface area contributed by atoms with Crippen molar-refractivity contribution in [3.8, 4) is 0 Å². The predicted molar refractivity (Wildman–Crippen MR) is 67.1 cm³/mol. The summed E-state index contributed by atoms with van der Waals surface area (Å²) in [4.78, 5) is 0. The molecular formula is C12H16Cl2O2. The lowest BCUT2D eigenvalue weighted by Gasteiger charge is -2.31. The molecule has 0 aliphatic heterocycles. The fraction of sp³-hybridized carbons (Fsp3) is 0.500. The number of halogens is 2. The predicted octanol–water partition coefficient (Wildman–Crippen LogP) is 3.63. The van der Waals surface area contributed by atoms with Crippen LogP contribution in [0.15, 0.2) is 18.2 Å². The van der Waals surface area contributed by atoms with E-state index >= 15 is 0 Å². The highest BCUT2D eigenvalue weighted by molar-refractivity contribution is 6.35. The Kier molecular flexibility index (Phi) is 5.06. The van der Waals surface area contributed by atoms with Crippen LogP contribution in [0.5, 0.6) is 0 Å². The van der Waals surface area contributed by atoms with E-state index in [1.807, 2.05) is 6.92 Å². The summed E-state index contributed by atoms with van der Waals surface area (Å²) < 4.78 is 5.46. The van der Waals surface area contributed by atoms with Crippen molar-refractivity contribution in [2.45, 2.75) is 25.4 Å². The SMILES string of the molecule is CCCC(CO)(OC)c1ccc(Cl)cc1Cl. The minimum atomic E-state index is -0.726. The van der Waals surface area contributed by atoms with Gasteiger partial charge in [0.1, 0.15) is 5.60 Å². The van der Waals surface area contributed by atoms with Crippen LogP contribution in [-0.2, 0) is 10.3 Å². The van der Waals surface area contributed by atoms with Gasteiger partial charge in [0.15, 0.2) is 0 Å². The first-order valence-electron chi connectivity index (χ1n) is 5.21. The summed E-state index contributed by atoms with van der Waals surface area (Å²) in [7, 11) is 1.58. The van der Waals surface area contributed by atoms with Gasteiger partial charge in [0.2, 0.25) is 0 Å². The summed E-state index contributed by atoms with van der Waals surface area (Å²) in [6.07, 6.45) is 1.61. The number of hydrogen-bond acceptors (Lipinski definition) is 2. The molecule has 0 spiro atoms. The Hall–Kier alpha value is -0.280. The van der Waals surface area contributed by atoms with E-state index in [1.165, 1.54) is 0 Å². The van der Waals surface area contributed by atoms with Crippen molar-refractivity contribution in [1.29, 1.82) is 0 Å². The van der Waals surface area contributed by atoms with Crippen molar-refractivity contribution >= 4 is 23.2 Å². The van der Waals surface area contributed by atoms with E-state index in [0.717, 1.165) is 12.0 Å². The molecule has 1 aromatic carbocycles. The number of benzene rings is 1. The van der Waals surface area contributed by atoms with Gasteiger partial charge in [-0.05, 0) is 18.6 Å². The highest BCUT2D eigenvalue weighted by Crippen LogP contribution is 2.36. The average molecular weight is 263 g/mol. The molecular weight excluding hydrogens is 247 g/mol. The molecule has 0 aliphatic rings. The van der Waals surface area contributed by atoms with Gasteiger partial charge < -0.3 is 9.84 Å². The van der Waals surface area contributed by atoms with E-state index in [-0.39, 0.29) is 6.61 Å². The summed E-state index contributed by atoms with van der Waals surface area (Å²) in [6, 6.07) is 5.22. The summed E-state index contributed by atoms with van der Waals surface area (Å²) in [5.41, 5.74) is 0.0570. The topological polar surface area (TPSA) is 29.5 Å². The second-order valence-corrected chi connectivity index (χ2v) is 4.57. The molecule has 1 N–H and O–H groups in total. The van der Waals surface area contributed by atoms with E-state index in [2.05, 4.69) is 0 Å². The van der Waals surface area contributed by atoms with Crippen LogP contribution in [0.4, 0.5) is 0 Å². The van der Waals surface area contributed by atoms with Crippen LogP contribution >= 0.6 is 23.2 Å². The fourth-order valence-electron chi connectivity index (χ4n) is 1.84. The summed E-state index contributed by atoms with van der Waals surface area (Å²) >= 11 is 12.0. The van der Waals surface area contributed by atoms with Gasteiger partial charge in [-0.2, -0.15) is 0 Å². The summed E-state index contributed by atoms with van der Waals surface area (Å²) in [5, 5.41) is 10.6. The van der Waals surface area contributed by atoms with E-state index in [9.17, 15) is 5.11 Å². The molecule has 0 aliphatic carbocycles. The van der Waals surface area contributed by atoms with E-state index in [1.54, 1.807) is 25.3 Å².